The molecule has 2 aromatic carbocycles. The average molecular weight is 270 g/mol. The number of phenols is 1. The number of hydrogen-bond acceptors (Lipinski definition) is 2. The Balaban J connectivity index is 2.48. The lowest BCUT2D eigenvalue weighted by molar-refractivity contribution is 0.411. The first kappa shape index (κ1) is 14.4. The molecule has 0 unspecified atom stereocenters. The molecule has 0 aliphatic heterocycles. The Morgan fingerprint density at radius 1 is 0.900 bits per heavy atom. The topological polar surface area (TPSA) is 29.5 Å². The van der Waals surface area contributed by atoms with Crippen LogP contribution >= 0.6 is 0 Å². The number of aryl methyl sites for hydroxylation is 2. The first-order valence-electron chi connectivity index (χ1n) is 6.81. The van der Waals surface area contributed by atoms with Crippen molar-refractivity contribution >= 4 is 0 Å². The third kappa shape index (κ3) is 2.51. The molecule has 0 amide bonds. The summed E-state index contributed by atoms with van der Waals surface area (Å²) in [5, 5.41) is 9.68. The van der Waals surface area contributed by atoms with Crippen LogP contribution in [0.5, 0.6) is 11.5 Å². The molecule has 0 saturated heterocycles. The Kier molecular flexibility index (Phi) is 3.76. The summed E-state index contributed by atoms with van der Waals surface area (Å²) in [7, 11) is 1.69. The van der Waals surface area contributed by atoms with Gasteiger partial charge in [0.25, 0.3) is 0 Å². The van der Waals surface area contributed by atoms with Gasteiger partial charge in [-0.1, -0.05) is 38.1 Å². The molecule has 0 heterocycles. The Hall–Kier alpha value is -1.96. The third-order valence-electron chi connectivity index (χ3n) is 4.04. The van der Waals surface area contributed by atoms with Crippen molar-refractivity contribution in [3.8, 4) is 11.5 Å². The van der Waals surface area contributed by atoms with Gasteiger partial charge in [0, 0.05) is 5.41 Å². The van der Waals surface area contributed by atoms with Crippen LogP contribution in [-0.2, 0) is 5.41 Å². The molecule has 0 bridgehead atoms. The summed E-state index contributed by atoms with van der Waals surface area (Å²) in [6.45, 7) is 8.37. The van der Waals surface area contributed by atoms with Crippen LogP contribution in [-0.4, -0.2) is 12.2 Å². The molecular weight excluding hydrogens is 248 g/mol. The van der Waals surface area contributed by atoms with Crippen molar-refractivity contribution < 1.29 is 9.84 Å². The van der Waals surface area contributed by atoms with Crippen molar-refractivity contribution in [2.75, 3.05) is 7.11 Å². The molecule has 20 heavy (non-hydrogen) atoms. The van der Waals surface area contributed by atoms with E-state index in [1.54, 1.807) is 13.2 Å². The monoisotopic (exact) mass is 270 g/mol. The number of methoxy groups -OCH3 is 1. The molecule has 0 aliphatic rings. The van der Waals surface area contributed by atoms with E-state index >= 15 is 0 Å². The van der Waals surface area contributed by atoms with Gasteiger partial charge >= 0.3 is 0 Å². The Bertz CT molecular complexity index is 627. The molecule has 2 aromatic rings. The summed E-state index contributed by atoms with van der Waals surface area (Å²) < 4.78 is 5.32. The zero-order valence-corrected chi connectivity index (χ0v) is 12.8. The number of benzene rings is 2. The molecule has 0 aliphatic carbocycles. The molecule has 0 fully saturated rings. The number of hydrogen-bond donors (Lipinski definition) is 1. The van der Waals surface area contributed by atoms with Crippen molar-refractivity contribution in [2.24, 2.45) is 0 Å². The van der Waals surface area contributed by atoms with Gasteiger partial charge in [-0.05, 0) is 48.2 Å². The number of phenolic OH excluding ortho intramolecular Hbond substituents is 1. The second kappa shape index (κ2) is 5.20. The second-order valence-corrected chi connectivity index (χ2v) is 5.81. The lowest BCUT2D eigenvalue weighted by atomic mass is 9.77. The zero-order valence-electron chi connectivity index (χ0n) is 12.8. The van der Waals surface area contributed by atoms with Crippen molar-refractivity contribution in [3.05, 3.63) is 58.7 Å². The molecule has 0 atom stereocenters. The minimum Gasteiger partial charge on any atom is -0.508 e. The van der Waals surface area contributed by atoms with Crippen LogP contribution in [0.2, 0.25) is 0 Å². The van der Waals surface area contributed by atoms with Gasteiger partial charge in [-0.2, -0.15) is 0 Å². The van der Waals surface area contributed by atoms with Crippen LogP contribution in [0.15, 0.2) is 36.4 Å². The quantitative estimate of drug-likeness (QED) is 0.898. The van der Waals surface area contributed by atoms with Crippen molar-refractivity contribution in [2.45, 2.75) is 33.1 Å². The molecule has 2 nitrogen and oxygen atoms in total. The van der Waals surface area contributed by atoms with Gasteiger partial charge in [-0.25, -0.2) is 0 Å². The first-order valence-corrected chi connectivity index (χ1v) is 6.81. The van der Waals surface area contributed by atoms with Gasteiger partial charge in [-0.3, -0.25) is 0 Å². The zero-order chi connectivity index (χ0) is 14.9. The fourth-order valence-electron chi connectivity index (χ4n) is 2.48. The first-order chi connectivity index (χ1) is 9.36. The van der Waals surface area contributed by atoms with Gasteiger partial charge < -0.3 is 9.84 Å². The maximum atomic E-state index is 9.68. The average Bonchev–Trinajstić information content (AvgIpc) is 2.41. The van der Waals surface area contributed by atoms with Gasteiger partial charge in [0.2, 0.25) is 0 Å². The number of rotatable bonds is 3. The van der Waals surface area contributed by atoms with E-state index in [4.69, 9.17) is 4.74 Å². The van der Waals surface area contributed by atoms with Crippen LogP contribution in [0.25, 0.3) is 0 Å². The number of ether oxygens (including phenoxy) is 1. The normalized spacial score (nSPS) is 11.4. The van der Waals surface area contributed by atoms with Crippen molar-refractivity contribution in [1.82, 2.24) is 0 Å². The van der Waals surface area contributed by atoms with E-state index in [1.807, 2.05) is 19.1 Å². The largest absolute Gasteiger partial charge is 0.508 e. The predicted octanol–water partition coefficient (Wildman–Crippen LogP) is 4.34. The van der Waals surface area contributed by atoms with E-state index in [0.717, 1.165) is 16.9 Å². The lowest BCUT2D eigenvalue weighted by Crippen LogP contribution is -2.19. The molecule has 1 N–H and O–H groups in total. The molecule has 2 heteroatoms. The molecule has 0 saturated carbocycles. The Morgan fingerprint density at radius 2 is 1.45 bits per heavy atom. The Labute approximate surface area is 121 Å². The minimum absolute atomic E-state index is 0.116. The summed E-state index contributed by atoms with van der Waals surface area (Å²) >= 11 is 0. The number of aromatic hydroxyl groups is 1. The molecule has 2 rings (SSSR count). The fraction of sp³-hybridized carbons (Fsp3) is 0.333. The smallest absolute Gasteiger partial charge is 0.121 e. The fourth-order valence-corrected chi connectivity index (χ4v) is 2.48. The molecule has 0 aromatic heterocycles. The molecular formula is C18H22O2. The summed E-state index contributed by atoms with van der Waals surface area (Å²) in [6.07, 6.45) is 0. The highest BCUT2D eigenvalue weighted by Crippen LogP contribution is 2.35. The van der Waals surface area contributed by atoms with E-state index in [2.05, 4.69) is 39.0 Å². The summed E-state index contributed by atoms with van der Waals surface area (Å²) in [4.78, 5) is 0. The van der Waals surface area contributed by atoms with E-state index in [1.165, 1.54) is 11.1 Å². The van der Waals surface area contributed by atoms with Crippen molar-refractivity contribution in [3.63, 3.8) is 0 Å². The van der Waals surface area contributed by atoms with Gasteiger partial charge in [-0.15, -0.1) is 0 Å². The van der Waals surface area contributed by atoms with E-state index in [9.17, 15) is 5.11 Å². The van der Waals surface area contributed by atoms with Crippen LogP contribution in [0.3, 0.4) is 0 Å². The van der Waals surface area contributed by atoms with Gasteiger partial charge in [0.05, 0.1) is 7.11 Å². The minimum atomic E-state index is -0.116. The standard InChI is InChI=1S/C18H22O2/c1-12-10-14(6-8-16(12)19)18(3,4)15-7-9-17(20-5)13(2)11-15/h6-11,19H,1-5H3. The molecule has 0 radical (unpaired) electrons. The van der Waals surface area contributed by atoms with Crippen LogP contribution < -0.4 is 4.74 Å². The molecule has 106 valence electrons. The maximum absolute atomic E-state index is 9.68. The molecule has 0 spiro atoms. The predicted molar refractivity (Wildman–Crippen MR) is 82.7 cm³/mol. The van der Waals surface area contributed by atoms with Crippen LogP contribution in [0.1, 0.15) is 36.1 Å². The highest BCUT2D eigenvalue weighted by Gasteiger charge is 2.24. The van der Waals surface area contributed by atoms with Crippen LogP contribution in [0, 0.1) is 13.8 Å². The Morgan fingerprint density at radius 3 is 1.95 bits per heavy atom. The van der Waals surface area contributed by atoms with Crippen molar-refractivity contribution in [1.29, 1.82) is 0 Å². The summed E-state index contributed by atoms with van der Waals surface area (Å²) in [5.41, 5.74) is 4.35. The summed E-state index contributed by atoms with van der Waals surface area (Å²) in [5.74, 6) is 1.25. The highest BCUT2D eigenvalue weighted by molar-refractivity contribution is 5.46. The van der Waals surface area contributed by atoms with Gasteiger partial charge in [0.1, 0.15) is 11.5 Å². The lowest BCUT2D eigenvalue weighted by Gasteiger charge is -2.27. The second-order valence-electron chi connectivity index (χ2n) is 5.81. The maximum Gasteiger partial charge on any atom is 0.121 e. The summed E-state index contributed by atoms with van der Waals surface area (Å²) in [6, 6.07) is 12.1. The van der Waals surface area contributed by atoms with E-state index < -0.39 is 0 Å². The highest BCUT2D eigenvalue weighted by atomic mass is 16.5. The van der Waals surface area contributed by atoms with Gasteiger partial charge in [0.15, 0.2) is 0 Å². The third-order valence-corrected chi connectivity index (χ3v) is 4.04. The SMILES string of the molecule is COc1ccc(C(C)(C)c2ccc(O)c(C)c2)cc1C. The van der Waals surface area contributed by atoms with Crippen LogP contribution in [0.4, 0.5) is 0 Å². The van der Waals surface area contributed by atoms with E-state index in [-0.39, 0.29) is 5.41 Å². The van der Waals surface area contributed by atoms with E-state index in [0.29, 0.717) is 5.75 Å².